The minimum atomic E-state index is -0.468. The van der Waals surface area contributed by atoms with E-state index >= 15 is 0 Å². The predicted octanol–water partition coefficient (Wildman–Crippen LogP) is 3.72. The van der Waals surface area contributed by atoms with Gasteiger partial charge in [-0.25, -0.2) is 9.59 Å². The molecule has 0 bridgehead atoms. The summed E-state index contributed by atoms with van der Waals surface area (Å²) < 4.78 is 11.0. The second-order valence-corrected chi connectivity index (χ2v) is 10.3. The molecule has 2 heterocycles. The van der Waals surface area contributed by atoms with E-state index in [0.29, 0.717) is 19.6 Å². The summed E-state index contributed by atoms with van der Waals surface area (Å²) in [6.45, 7) is 18.1. The van der Waals surface area contributed by atoms with Gasteiger partial charge in [-0.2, -0.15) is 0 Å². The number of rotatable bonds is 1. The lowest BCUT2D eigenvalue weighted by atomic mass is 9.90. The van der Waals surface area contributed by atoms with Crippen molar-refractivity contribution in [3.63, 3.8) is 0 Å². The van der Waals surface area contributed by atoms with Crippen molar-refractivity contribution in [2.24, 2.45) is 0 Å². The van der Waals surface area contributed by atoms with Crippen LogP contribution in [0.3, 0.4) is 0 Å². The van der Waals surface area contributed by atoms with Crippen molar-refractivity contribution < 1.29 is 19.1 Å². The van der Waals surface area contributed by atoms with Crippen LogP contribution in [0.2, 0.25) is 0 Å². The van der Waals surface area contributed by atoms with Crippen LogP contribution >= 0.6 is 0 Å². The summed E-state index contributed by atoms with van der Waals surface area (Å²) >= 11 is 0. The number of hydrogen-bond donors (Lipinski definition) is 0. The summed E-state index contributed by atoms with van der Waals surface area (Å²) in [5, 5.41) is 0. The van der Waals surface area contributed by atoms with Crippen molar-refractivity contribution in [3.05, 3.63) is 0 Å². The number of carbonyl (C=O) groups excluding carboxylic acids is 2. The summed E-state index contributed by atoms with van der Waals surface area (Å²) in [6, 6.07) is 0. The summed E-state index contributed by atoms with van der Waals surface area (Å²) in [5.74, 6) is 0. The van der Waals surface area contributed by atoms with E-state index in [1.807, 2.05) is 46.4 Å². The third-order valence-corrected chi connectivity index (χ3v) is 5.41. The minimum Gasteiger partial charge on any atom is -0.444 e. The van der Waals surface area contributed by atoms with E-state index in [1.54, 1.807) is 4.90 Å². The molecule has 0 saturated carbocycles. The van der Waals surface area contributed by atoms with Crippen LogP contribution in [0.4, 0.5) is 9.59 Å². The maximum atomic E-state index is 12.4. The first kappa shape index (κ1) is 22.8. The van der Waals surface area contributed by atoms with Gasteiger partial charge in [0, 0.05) is 44.8 Å². The maximum absolute atomic E-state index is 12.4. The lowest BCUT2D eigenvalue weighted by Crippen LogP contribution is -2.57. The fourth-order valence-electron chi connectivity index (χ4n) is 3.84. The molecule has 7 heteroatoms. The van der Waals surface area contributed by atoms with Crippen LogP contribution < -0.4 is 0 Å². The fourth-order valence-corrected chi connectivity index (χ4v) is 3.84. The number of hydrogen-bond acceptors (Lipinski definition) is 5. The van der Waals surface area contributed by atoms with Crippen LogP contribution in [0.25, 0.3) is 0 Å². The number of piperazine rings is 1. The van der Waals surface area contributed by atoms with Gasteiger partial charge in [0.05, 0.1) is 0 Å². The molecule has 0 radical (unpaired) electrons. The molecule has 2 fully saturated rings. The highest BCUT2D eigenvalue weighted by atomic mass is 16.6. The molecule has 1 atom stereocenters. The molecule has 0 aliphatic carbocycles. The van der Waals surface area contributed by atoms with Crippen molar-refractivity contribution >= 4 is 12.2 Å². The molecule has 28 heavy (non-hydrogen) atoms. The monoisotopic (exact) mass is 397 g/mol. The molecule has 0 spiro atoms. The van der Waals surface area contributed by atoms with Crippen molar-refractivity contribution in [3.8, 4) is 0 Å². The zero-order valence-electron chi connectivity index (χ0n) is 18.8. The van der Waals surface area contributed by atoms with Gasteiger partial charge < -0.3 is 19.3 Å². The third-order valence-electron chi connectivity index (χ3n) is 5.41. The quantitative estimate of drug-likeness (QED) is 0.675. The molecule has 0 aromatic heterocycles. The molecule has 2 rings (SSSR count). The van der Waals surface area contributed by atoms with Crippen LogP contribution in [-0.4, -0.2) is 82.9 Å². The molecular weight excluding hydrogens is 358 g/mol. The number of amides is 2. The van der Waals surface area contributed by atoms with Gasteiger partial charge in [0.25, 0.3) is 0 Å². The van der Waals surface area contributed by atoms with E-state index in [0.717, 1.165) is 38.9 Å². The van der Waals surface area contributed by atoms with Gasteiger partial charge in [-0.1, -0.05) is 0 Å². The molecule has 2 saturated heterocycles. The molecule has 162 valence electrons. The normalized spacial score (nSPS) is 25.2. The Kier molecular flexibility index (Phi) is 6.90. The number of nitrogens with zero attached hydrogens (tertiary/aromatic N) is 3. The molecule has 2 amide bonds. The summed E-state index contributed by atoms with van der Waals surface area (Å²) in [5.41, 5.74) is -0.895. The topological polar surface area (TPSA) is 62.3 Å². The molecule has 0 aromatic carbocycles. The lowest BCUT2D eigenvalue weighted by molar-refractivity contribution is -0.00441. The number of ether oxygens (including phenoxy) is 2. The maximum Gasteiger partial charge on any atom is 0.410 e. The second-order valence-electron chi connectivity index (χ2n) is 10.3. The molecule has 2 aliphatic heterocycles. The lowest BCUT2D eigenvalue weighted by Gasteiger charge is -2.45. The van der Waals surface area contributed by atoms with Gasteiger partial charge in [0.15, 0.2) is 0 Å². The van der Waals surface area contributed by atoms with Crippen molar-refractivity contribution in [2.75, 3.05) is 39.3 Å². The highest BCUT2D eigenvalue weighted by molar-refractivity contribution is 5.68. The van der Waals surface area contributed by atoms with Gasteiger partial charge in [0.1, 0.15) is 11.2 Å². The molecular formula is C21H39N3O4. The Morgan fingerprint density at radius 2 is 1.18 bits per heavy atom. The first-order valence-electron chi connectivity index (χ1n) is 10.5. The van der Waals surface area contributed by atoms with Crippen LogP contribution in [0.5, 0.6) is 0 Å². The first-order valence-corrected chi connectivity index (χ1v) is 10.5. The van der Waals surface area contributed by atoms with Crippen LogP contribution in [0, 0.1) is 0 Å². The predicted molar refractivity (Wildman–Crippen MR) is 109 cm³/mol. The fraction of sp³-hybridized carbons (Fsp3) is 0.905. The zero-order chi connectivity index (χ0) is 21.2. The smallest absolute Gasteiger partial charge is 0.410 e. The van der Waals surface area contributed by atoms with Crippen LogP contribution in [0.1, 0.15) is 67.7 Å². The standard InChI is InChI=1S/C21H39N3O4/c1-19(2,3)27-17(25)22-11-8-9-21(7,10-12-22)24-15-13-23(14-16-24)18(26)28-20(4,5)6/h8-16H2,1-7H3. The van der Waals surface area contributed by atoms with Crippen molar-refractivity contribution in [1.82, 2.24) is 14.7 Å². The summed E-state index contributed by atoms with van der Waals surface area (Å²) in [7, 11) is 0. The Balaban J connectivity index is 1.89. The number of carbonyl (C=O) groups is 2. The van der Waals surface area contributed by atoms with Gasteiger partial charge in [-0.05, 0) is 67.7 Å². The molecule has 1 unspecified atom stereocenters. The largest absolute Gasteiger partial charge is 0.444 e. The molecule has 0 aromatic rings. The van der Waals surface area contributed by atoms with E-state index < -0.39 is 11.2 Å². The van der Waals surface area contributed by atoms with E-state index in [4.69, 9.17) is 9.47 Å². The molecule has 0 N–H and O–H groups in total. The van der Waals surface area contributed by atoms with Crippen molar-refractivity contribution in [2.45, 2.75) is 84.5 Å². The first-order chi connectivity index (χ1) is 12.8. The van der Waals surface area contributed by atoms with Gasteiger partial charge >= 0.3 is 12.2 Å². The molecule has 2 aliphatic rings. The zero-order valence-corrected chi connectivity index (χ0v) is 18.8. The van der Waals surface area contributed by atoms with Gasteiger partial charge in [-0.15, -0.1) is 0 Å². The minimum absolute atomic E-state index is 0.0385. The van der Waals surface area contributed by atoms with E-state index in [1.165, 1.54) is 0 Å². The van der Waals surface area contributed by atoms with Crippen LogP contribution in [-0.2, 0) is 9.47 Å². The van der Waals surface area contributed by atoms with Gasteiger partial charge in [-0.3, -0.25) is 4.90 Å². The SMILES string of the molecule is CC(C)(C)OC(=O)N1CCN(C2(C)CCCN(C(=O)OC(C)(C)C)CC2)CC1. The Morgan fingerprint density at radius 1 is 0.714 bits per heavy atom. The Hall–Kier alpha value is -1.50. The van der Waals surface area contributed by atoms with E-state index in [-0.39, 0.29) is 17.7 Å². The summed E-state index contributed by atoms with van der Waals surface area (Å²) in [6.07, 6.45) is 2.47. The Morgan fingerprint density at radius 3 is 1.64 bits per heavy atom. The van der Waals surface area contributed by atoms with Gasteiger partial charge in [0.2, 0.25) is 0 Å². The second kappa shape index (κ2) is 8.47. The highest BCUT2D eigenvalue weighted by Crippen LogP contribution is 2.30. The third kappa shape index (κ3) is 6.54. The number of likely N-dealkylation sites (tertiary alicyclic amines) is 1. The van der Waals surface area contributed by atoms with Crippen LogP contribution in [0.15, 0.2) is 0 Å². The summed E-state index contributed by atoms with van der Waals surface area (Å²) in [4.78, 5) is 30.8. The average molecular weight is 398 g/mol. The van der Waals surface area contributed by atoms with E-state index in [2.05, 4.69) is 11.8 Å². The van der Waals surface area contributed by atoms with Crippen molar-refractivity contribution in [1.29, 1.82) is 0 Å². The molecule has 7 nitrogen and oxygen atoms in total. The Bertz CT molecular complexity index is 559. The highest BCUT2D eigenvalue weighted by Gasteiger charge is 2.38. The Labute approximate surface area is 170 Å². The average Bonchev–Trinajstić information content (AvgIpc) is 2.75. The van der Waals surface area contributed by atoms with E-state index in [9.17, 15) is 9.59 Å².